The van der Waals surface area contributed by atoms with E-state index in [0.29, 0.717) is 16.9 Å². The molecule has 0 aromatic heterocycles. The molecule has 0 aliphatic carbocycles. The molecule has 0 saturated heterocycles. The minimum atomic E-state index is -1.18. The van der Waals surface area contributed by atoms with Crippen LogP contribution in [0.1, 0.15) is 12.0 Å². The number of carboxylic acids is 1. The Morgan fingerprint density at radius 3 is 2.59 bits per heavy atom. The van der Waals surface area contributed by atoms with Crippen molar-refractivity contribution < 1.29 is 24.4 Å². The number of nitrogens with one attached hydrogen (secondary N) is 4. The minimum absolute atomic E-state index is 0.0919. The maximum atomic E-state index is 12.1. The monoisotopic (exact) mass is 399 g/mol. The van der Waals surface area contributed by atoms with Gasteiger partial charge in [-0.2, -0.15) is 0 Å². The van der Waals surface area contributed by atoms with Crippen LogP contribution in [0.3, 0.4) is 0 Å². The molecule has 0 saturated carbocycles. The first-order valence-electron chi connectivity index (χ1n) is 8.54. The van der Waals surface area contributed by atoms with Crippen molar-refractivity contribution in [1.29, 1.82) is 0 Å². The fraction of sp³-hybridized carbons (Fsp3) is 0.167. The van der Waals surface area contributed by atoms with E-state index in [2.05, 4.69) is 21.3 Å². The lowest BCUT2D eigenvalue weighted by Crippen LogP contribution is -2.41. The van der Waals surface area contributed by atoms with Gasteiger partial charge in [-0.05, 0) is 12.1 Å². The molecule has 3 rings (SSSR count). The molecule has 1 heterocycles. The van der Waals surface area contributed by atoms with Crippen LogP contribution in [0.25, 0.3) is 0 Å². The lowest BCUT2D eigenvalue weighted by atomic mass is 10.0. The molecule has 3 amide bonds. The number of carboxylic acid groups (broad SMARTS) is 1. The van der Waals surface area contributed by atoms with Gasteiger partial charge in [0, 0.05) is 29.9 Å². The molecule has 5 N–H and O–H groups in total. The van der Waals surface area contributed by atoms with Crippen LogP contribution >= 0.6 is 0 Å². The van der Waals surface area contributed by atoms with Crippen LogP contribution in [0.5, 0.6) is 0 Å². The summed E-state index contributed by atoms with van der Waals surface area (Å²) in [5.74, 6) is -1.79. The summed E-state index contributed by atoms with van der Waals surface area (Å²) >= 11 is 0. The summed E-state index contributed by atoms with van der Waals surface area (Å²) < 4.78 is 0. The molecule has 0 spiro atoms. The van der Waals surface area contributed by atoms with Crippen LogP contribution in [-0.2, 0) is 16.1 Å². The van der Waals surface area contributed by atoms with Gasteiger partial charge in [0.1, 0.15) is 6.04 Å². The van der Waals surface area contributed by atoms with Gasteiger partial charge in [-0.3, -0.25) is 19.7 Å². The molecular weight excluding hydrogens is 382 g/mol. The standard InChI is InChI=1S/C18H17N5O6/c24-15(25)8-14-17(26)22-13-7-12(23(28)29)6-10(16(13)21-14)9-19-18(27)20-11-4-2-1-3-5-11/h1-7,14,21H,8-9H2,(H,22,26)(H,24,25)(H2,19,20,27). The summed E-state index contributed by atoms with van der Waals surface area (Å²) in [6, 6.07) is 9.55. The molecule has 29 heavy (non-hydrogen) atoms. The SMILES string of the molecule is O=C(O)CC1Nc2c(CNC(=O)Nc3ccccc3)cc([N+](=O)[O-])cc2NC1=O. The Morgan fingerprint density at radius 2 is 1.93 bits per heavy atom. The maximum Gasteiger partial charge on any atom is 0.319 e. The van der Waals surface area contributed by atoms with Crippen LogP contribution in [0.15, 0.2) is 42.5 Å². The summed E-state index contributed by atoms with van der Waals surface area (Å²) in [4.78, 5) is 45.7. The van der Waals surface area contributed by atoms with Crippen LogP contribution < -0.4 is 21.3 Å². The molecule has 11 nitrogen and oxygen atoms in total. The number of nitro benzene ring substituents is 1. The Kier molecular flexibility index (Phi) is 5.58. The Labute approximate surface area is 164 Å². The summed E-state index contributed by atoms with van der Waals surface area (Å²) in [6.07, 6.45) is -0.469. The van der Waals surface area contributed by atoms with Gasteiger partial charge in [-0.1, -0.05) is 18.2 Å². The zero-order valence-electron chi connectivity index (χ0n) is 15.0. The fourth-order valence-electron chi connectivity index (χ4n) is 2.85. The third-order valence-electron chi connectivity index (χ3n) is 4.16. The zero-order valence-corrected chi connectivity index (χ0v) is 15.0. The number of non-ortho nitro benzene ring substituents is 1. The highest BCUT2D eigenvalue weighted by Crippen LogP contribution is 2.35. The van der Waals surface area contributed by atoms with Crippen LogP contribution in [-0.4, -0.2) is 34.0 Å². The van der Waals surface area contributed by atoms with Gasteiger partial charge in [0.15, 0.2) is 0 Å². The van der Waals surface area contributed by atoms with Crippen LogP contribution in [0.2, 0.25) is 0 Å². The Hall–Kier alpha value is -4.15. The molecule has 0 radical (unpaired) electrons. The largest absolute Gasteiger partial charge is 0.481 e. The third-order valence-corrected chi connectivity index (χ3v) is 4.16. The Bertz CT molecular complexity index is 978. The number of carbonyl (C=O) groups is 3. The van der Waals surface area contributed by atoms with Gasteiger partial charge in [0.2, 0.25) is 5.91 Å². The van der Waals surface area contributed by atoms with E-state index in [4.69, 9.17) is 5.11 Å². The number of nitrogens with zero attached hydrogens (tertiary/aromatic N) is 1. The van der Waals surface area contributed by atoms with E-state index in [1.165, 1.54) is 12.1 Å². The van der Waals surface area contributed by atoms with E-state index in [0.717, 1.165) is 0 Å². The average molecular weight is 399 g/mol. The molecule has 150 valence electrons. The molecule has 1 atom stereocenters. The number of hydrogen-bond acceptors (Lipinski definition) is 6. The van der Waals surface area contributed by atoms with E-state index < -0.39 is 35.3 Å². The van der Waals surface area contributed by atoms with E-state index in [-0.39, 0.29) is 17.9 Å². The highest BCUT2D eigenvalue weighted by atomic mass is 16.6. The predicted octanol–water partition coefficient (Wildman–Crippen LogP) is 2.12. The van der Waals surface area contributed by atoms with Crippen molar-refractivity contribution in [2.75, 3.05) is 16.0 Å². The van der Waals surface area contributed by atoms with E-state index in [9.17, 15) is 24.5 Å². The smallest absolute Gasteiger partial charge is 0.319 e. The second kappa shape index (κ2) is 8.25. The first kappa shape index (κ1) is 19.6. The first-order chi connectivity index (χ1) is 13.8. The van der Waals surface area contributed by atoms with E-state index in [1.807, 2.05) is 0 Å². The van der Waals surface area contributed by atoms with Gasteiger partial charge in [-0.15, -0.1) is 0 Å². The van der Waals surface area contributed by atoms with Crippen molar-refractivity contribution in [3.05, 3.63) is 58.1 Å². The number of urea groups is 1. The Balaban J connectivity index is 1.81. The number of fused-ring (bicyclic) bond motifs is 1. The highest BCUT2D eigenvalue weighted by molar-refractivity contribution is 6.05. The van der Waals surface area contributed by atoms with Crippen molar-refractivity contribution >= 4 is 40.7 Å². The van der Waals surface area contributed by atoms with Gasteiger partial charge < -0.3 is 26.4 Å². The lowest BCUT2D eigenvalue weighted by molar-refractivity contribution is -0.384. The minimum Gasteiger partial charge on any atom is -0.481 e. The van der Waals surface area contributed by atoms with Crippen molar-refractivity contribution in [1.82, 2.24) is 5.32 Å². The molecule has 11 heteroatoms. The van der Waals surface area contributed by atoms with E-state index in [1.54, 1.807) is 30.3 Å². The summed E-state index contributed by atoms with van der Waals surface area (Å²) in [5, 5.41) is 30.7. The topological polar surface area (TPSA) is 163 Å². The molecule has 2 aromatic rings. The number of anilines is 3. The summed E-state index contributed by atoms with van der Waals surface area (Å²) in [6.45, 7) is -0.0919. The second-order valence-corrected chi connectivity index (χ2v) is 6.24. The molecule has 0 fully saturated rings. The third kappa shape index (κ3) is 4.77. The Morgan fingerprint density at radius 1 is 1.21 bits per heavy atom. The maximum absolute atomic E-state index is 12.1. The van der Waals surface area contributed by atoms with Crippen molar-refractivity contribution in [2.45, 2.75) is 19.0 Å². The van der Waals surface area contributed by atoms with Crippen molar-refractivity contribution in [3.8, 4) is 0 Å². The van der Waals surface area contributed by atoms with Gasteiger partial charge in [0.25, 0.3) is 5.69 Å². The van der Waals surface area contributed by atoms with Gasteiger partial charge in [0.05, 0.1) is 22.7 Å². The number of amides is 3. The molecule has 0 bridgehead atoms. The van der Waals surface area contributed by atoms with Crippen LogP contribution in [0, 0.1) is 10.1 Å². The predicted molar refractivity (Wildman–Crippen MR) is 104 cm³/mol. The molecule has 1 aliphatic heterocycles. The number of rotatable bonds is 6. The number of para-hydroxylation sites is 1. The van der Waals surface area contributed by atoms with Gasteiger partial charge in [-0.25, -0.2) is 4.79 Å². The fourth-order valence-corrected chi connectivity index (χ4v) is 2.85. The molecule has 1 aliphatic rings. The quantitative estimate of drug-likeness (QED) is 0.367. The number of benzene rings is 2. The average Bonchev–Trinajstić information content (AvgIpc) is 2.67. The molecular formula is C18H17N5O6. The number of carbonyl (C=O) groups excluding carboxylic acids is 2. The van der Waals surface area contributed by atoms with Crippen molar-refractivity contribution in [3.63, 3.8) is 0 Å². The van der Waals surface area contributed by atoms with Crippen LogP contribution in [0.4, 0.5) is 27.5 Å². The first-order valence-corrected chi connectivity index (χ1v) is 8.54. The second-order valence-electron chi connectivity index (χ2n) is 6.24. The number of aliphatic carboxylic acids is 1. The lowest BCUT2D eigenvalue weighted by Gasteiger charge is -2.27. The van der Waals surface area contributed by atoms with Crippen molar-refractivity contribution in [2.24, 2.45) is 0 Å². The van der Waals surface area contributed by atoms with E-state index >= 15 is 0 Å². The molecule has 1 unspecified atom stereocenters. The zero-order chi connectivity index (χ0) is 21.0. The number of hydrogen-bond donors (Lipinski definition) is 5. The number of nitro groups is 1. The van der Waals surface area contributed by atoms with Gasteiger partial charge >= 0.3 is 12.0 Å². The summed E-state index contributed by atoms with van der Waals surface area (Å²) in [7, 11) is 0. The highest BCUT2D eigenvalue weighted by Gasteiger charge is 2.30. The normalized spacial score (nSPS) is 14.8. The summed E-state index contributed by atoms with van der Waals surface area (Å²) in [5.41, 5.74) is 1.08. The molecule has 2 aromatic carbocycles.